The highest BCUT2D eigenvalue weighted by Gasteiger charge is 2.33. The molecule has 0 unspecified atom stereocenters. The highest BCUT2D eigenvalue weighted by atomic mass is 35.5. The summed E-state index contributed by atoms with van der Waals surface area (Å²) in [6.45, 7) is 8.16. The standard InChI is InChI=1S/C31H36ClN5O2/c1-5-37(31(39)25-8-6-7-9-27(25)32)28-13-12-22-10-11-23(19-26(22)28)30(38)35(4)24-14-16-36(17-15-24)29-18-20(2)33-21(3)34-29/h6-11,18-19,24,28H,5,12-17H2,1-4H3/t28-/m1/s1. The predicted molar refractivity (Wildman–Crippen MR) is 155 cm³/mol. The van der Waals surface area contributed by atoms with E-state index in [1.54, 1.807) is 12.1 Å². The van der Waals surface area contributed by atoms with E-state index in [2.05, 4.69) is 20.9 Å². The Kier molecular flexibility index (Phi) is 7.89. The maximum atomic E-state index is 13.6. The SMILES string of the molecule is CCN(C(=O)c1ccccc1Cl)[C@@H]1CCc2ccc(C(=O)N(C)C3CCN(c4cc(C)nc(C)n4)CC3)cc21. The van der Waals surface area contributed by atoms with Gasteiger partial charge in [-0.3, -0.25) is 9.59 Å². The molecule has 7 nitrogen and oxygen atoms in total. The molecule has 2 aliphatic rings. The topological polar surface area (TPSA) is 69.6 Å². The highest BCUT2D eigenvalue weighted by molar-refractivity contribution is 6.33. The Bertz CT molecular complexity index is 1360. The minimum atomic E-state index is -0.0742. The van der Waals surface area contributed by atoms with Gasteiger partial charge in [0.15, 0.2) is 0 Å². The van der Waals surface area contributed by atoms with Crippen LogP contribution in [0.15, 0.2) is 48.5 Å². The molecular formula is C31H36ClN5O2. The second-order valence-corrected chi connectivity index (χ2v) is 11.0. The number of amides is 2. The molecule has 2 amide bonds. The molecule has 1 aliphatic carbocycles. The van der Waals surface area contributed by atoms with Crippen LogP contribution in [0.3, 0.4) is 0 Å². The summed E-state index contributed by atoms with van der Waals surface area (Å²) in [5.41, 5.74) is 4.43. The van der Waals surface area contributed by atoms with Crippen LogP contribution < -0.4 is 4.90 Å². The van der Waals surface area contributed by atoms with Gasteiger partial charge in [-0.2, -0.15) is 0 Å². The van der Waals surface area contributed by atoms with E-state index in [9.17, 15) is 9.59 Å². The first-order chi connectivity index (χ1) is 18.8. The molecule has 0 radical (unpaired) electrons. The van der Waals surface area contributed by atoms with E-state index in [-0.39, 0.29) is 23.9 Å². The van der Waals surface area contributed by atoms with Crippen molar-refractivity contribution in [1.82, 2.24) is 19.8 Å². The summed E-state index contributed by atoms with van der Waals surface area (Å²) in [5, 5.41) is 0.459. The molecule has 0 saturated carbocycles. The Hall–Kier alpha value is -3.45. The molecule has 1 fully saturated rings. The molecule has 1 aliphatic heterocycles. The average molecular weight is 546 g/mol. The molecule has 1 atom stereocenters. The normalized spacial score (nSPS) is 17.2. The molecule has 0 bridgehead atoms. The van der Waals surface area contributed by atoms with E-state index < -0.39 is 0 Å². The molecule has 8 heteroatoms. The Morgan fingerprint density at radius 1 is 1.00 bits per heavy atom. The first-order valence-electron chi connectivity index (χ1n) is 13.8. The number of benzene rings is 2. The van der Waals surface area contributed by atoms with Crippen LogP contribution >= 0.6 is 11.6 Å². The van der Waals surface area contributed by atoms with Crippen LogP contribution in [0, 0.1) is 13.8 Å². The summed E-state index contributed by atoms with van der Waals surface area (Å²) >= 11 is 6.35. The molecule has 3 aromatic rings. The predicted octanol–water partition coefficient (Wildman–Crippen LogP) is 5.64. The summed E-state index contributed by atoms with van der Waals surface area (Å²) in [4.78, 5) is 42.1. The summed E-state index contributed by atoms with van der Waals surface area (Å²) in [7, 11) is 1.91. The summed E-state index contributed by atoms with van der Waals surface area (Å²) < 4.78 is 0. The van der Waals surface area contributed by atoms with E-state index in [4.69, 9.17) is 11.6 Å². The quantitative estimate of drug-likeness (QED) is 0.401. The van der Waals surface area contributed by atoms with Gasteiger partial charge in [0.25, 0.3) is 11.8 Å². The molecule has 1 aromatic heterocycles. The van der Waals surface area contributed by atoms with Gasteiger partial charge in [-0.1, -0.05) is 29.8 Å². The van der Waals surface area contributed by atoms with E-state index in [0.717, 1.165) is 61.7 Å². The molecule has 2 aromatic carbocycles. The number of piperidine rings is 1. The molecular weight excluding hydrogens is 510 g/mol. The third-order valence-corrected chi connectivity index (χ3v) is 8.46. The smallest absolute Gasteiger partial charge is 0.255 e. The Balaban J connectivity index is 1.29. The lowest BCUT2D eigenvalue weighted by Crippen LogP contribution is -2.46. The summed E-state index contributed by atoms with van der Waals surface area (Å²) in [5.74, 6) is 1.69. The number of carbonyl (C=O) groups is 2. The van der Waals surface area contributed by atoms with E-state index in [1.165, 1.54) is 5.56 Å². The maximum Gasteiger partial charge on any atom is 0.255 e. The fourth-order valence-electron chi connectivity index (χ4n) is 6.04. The van der Waals surface area contributed by atoms with E-state index in [1.807, 2.05) is 68.0 Å². The summed E-state index contributed by atoms with van der Waals surface area (Å²) in [6, 6.07) is 15.3. The molecule has 0 spiro atoms. The Labute approximate surface area is 235 Å². The van der Waals surface area contributed by atoms with Crippen molar-refractivity contribution in [2.75, 3.05) is 31.6 Å². The molecule has 2 heterocycles. The van der Waals surface area contributed by atoms with Gasteiger partial charge < -0.3 is 14.7 Å². The van der Waals surface area contributed by atoms with Crippen molar-refractivity contribution >= 4 is 29.2 Å². The lowest BCUT2D eigenvalue weighted by Gasteiger charge is -2.37. The van der Waals surface area contributed by atoms with Gasteiger partial charge in [0.05, 0.1) is 16.6 Å². The van der Waals surface area contributed by atoms with Gasteiger partial charge >= 0.3 is 0 Å². The second kappa shape index (κ2) is 11.3. The molecule has 5 rings (SSSR count). The number of anilines is 1. The van der Waals surface area contributed by atoms with E-state index in [0.29, 0.717) is 22.7 Å². The van der Waals surface area contributed by atoms with Crippen molar-refractivity contribution in [3.8, 4) is 0 Å². The number of rotatable bonds is 6. The zero-order chi connectivity index (χ0) is 27.7. The lowest BCUT2D eigenvalue weighted by molar-refractivity contribution is 0.0688. The second-order valence-electron chi connectivity index (χ2n) is 10.6. The van der Waals surface area contributed by atoms with Crippen LogP contribution in [-0.2, 0) is 6.42 Å². The number of hydrogen-bond donors (Lipinski definition) is 0. The fourth-order valence-corrected chi connectivity index (χ4v) is 6.26. The third-order valence-electron chi connectivity index (χ3n) is 8.13. The molecule has 204 valence electrons. The van der Waals surface area contributed by atoms with Gasteiger partial charge in [-0.05, 0) is 81.8 Å². The zero-order valence-corrected chi connectivity index (χ0v) is 23.9. The minimum Gasteiger partial charge on any atom is -0.356 e. The van der Waals surface area contributed by atoms with Gasteiger partial charge in [-0.15, -0.1) is 0 Å². The first-order valence-corrected chi connectivity index (χ1v) is 14.2. The molecule has 0 N–H and O–H groups in total. The average Bonchev–Trinajstić information content (AvgIpc) is 3.35. The van der Waals surface area contributed by atoms with Crippen molar-refractivity contribution in [2.24, 2.45) is 0 Å². The number of fused-ring (bicyclic) bond motifs is 1. The third kappa shape index (κ3) is 5.50. The lowest BCUT2D eigenvalue weighted by atomic mass is 9.99. The number of hydrogen-bond acceptors (Lipinski definition) is 5. The van der Waals surface area contributed by atoms with Crippen molar-refractivity contribution < 1.29 is 9.59 Å². The van der Waals surface area contributed by atoms with Crippen LogP contribution in [0.25, 0.3) is 0 Å². The van der Waals surface area contributed by atoms with Crippen LogP contribution in [0.1, 0.15) is 75.6 Å². The Morgan fingerprint density at radius 2 is 1.74 bits per heavy atom. The number of aromatic nitrogens is 2. The van der Waals surface area contributed by atoms with Crippen molar-refractivity contribution in [1.29, 1.82) is 0 Å². The number of carbonyl (C=O) groups excluding carboxylic acids is 2. The minimum absolute atomic E-state index is 0.0242. The van der Waals surface area contributed by atoms with Crippen molar-refractivity contribution in [2.45, 2.75) is 58.5 Å². The van der Waals surface area contributed by atoms with Gasteiger partial charge in [-0.25, -0.2) is 9.97 Å². The van der Waals surface area contributed by atoms with Gasteiger partial charge in [0.1, 0.15) is 11.6 Å². The first kappa shape index (κ1) is 27.1. The van der Waals surface area contributed by atoms with Crippen molar-refractivity contribution in [3.05, 3.63) is 87.3 Å². The largest absolute Gasteiger partial charge is 0.356 e. The van der Waals surface area contributed by atoms with Gasteiger partial charge in [0.2, 0.25) is 0 Å². The molecule has 1 saturated heterocycles. The fraction of sp³-hybridized carbons (Fsp3) is 0.419. The number of aryl methyl sites for hydroxylation is 3. The van der Waals surface area contributed by atoms with E-state index >= 15 is 0 Å². The zero-order valence-electron chi connectivity index (χ0n) is 23.2. The monoisotopic (exact) mass is 545 g/mol. The van der Waals surface area contributed by atoms with Crippen molar-refractivity contribution in [3.63, 3.8) is 0 Å². The van der Waals surface area contributed by atoms with Crippen LogP contribution in [0.4, 0.5) is 5.82 Å². The van der Waals surface area contributed by atoms with Crippen LogP contribution in [0.5, 0.6) is 0 Å². The maximum absolute atomic E-state index is 13.6. The highest BCUT2D eigenvalue weighted by Crippen LogP contribution is 2.38. The van der Waals surface area contributed by atoms with Crippen LogP contribution in [0.2, 0.25) is 5.02 Å². The Morgan fingerprint density at radius 3 is 2.44 bits per heavy atom. The number of halogens is 1. The number of nitrogens with zero attached hydrogens (tertiary/aromatic N) is 5. The van der Waals surface area contributed by atoms with Gasteiger partial charge in [0, 0.05) is 50.0 Å². The summed E-state index contributed by atoms with van der Waals surface area (Å²) in [6.07, 6.45) is 3.49. The van der Waals surface area contributed by atoms with Crippen LogP contribution in [-0.4, -0.2) is 64.3 Å². The molecule has 39 heavy (non-hydrogen) atoms.